The molecule has 0 amide bonds. The molecule has 0 spiro atoms. The molecule has 20 heavy (non-hydrogen) atoms. The van der Waals surface area contributed by atoms with E-state index in [1.165, 1.54) is 16.7 Å². The fourth-order valence-electron chi connectivity index (χ4n) is 2.37. The standard InChI is InChI=1S/C18H21NO/c1-19-18(8-5-13-20)14-15-9-11-17(12-10-15)16-6-3-2-4-7-16/h2-4,6-7,9-13,18-19H,5,8,14H2,1H3/t18-/m0/s1. The predicted octanol–water partition coefficient (Wildman–Crippen LogP) is 3.46. The van der Waals surface area contributed by atoms with E-state index in [1.54, 1.807) is 0 Å². The summed E-state index contributed by atoms with van der Waals surface area (Å²) in [4.78, 5) is 10.5. The Labute approximate surface area is 120 Å². The Bertz CT molecular complexity index is 519. The molecule has 0 saturated carbocycles. The number of likely N-dealkylation sites (N-methyl/N-ethyl adjacent to an activating group) is 1. The monoisotopic (exact) mass is 267 g/mol. The van der Waals surface area contributed by atoms with Gasteiger partial charge in [0.15, 0.2) is 0 Å². The van der Waals surface area contributed by atoms with Crippen molar-refractivity contribution in [3.8, 4) is 11.1 Å². The van der Waals surface area contributed by atoms with Crippen molar-refractivity contribution in [1.29, 1.82) is 0 Å². The Morgan fingerprint density at radius 2 is 1.65 bits per heavy atom. The Hall–Kier alpha value is -1.93. The number of carbonyl (C=O) groups excluding carboxylic acids is 1. The molecule has 0 aromatic heterocycles. The fourth-order valence-corrected chi connectivity index (χ4v) is 2.37. The molecule has 2 aromatic rings. The molecule has 104 valence electrons. The Morgan fingerprint density at radius 3 is 2.25 bits per heavy atom. The molecule has 1 atom stereocenters. The smallest absolute Gasteiger partial charge is 0.120 e. The number of hydrogen-bond acceptors (Lipinski definition) is 2. The van der Waals surface area contributed by atoms with Gasteiger partial charge in [0.05, 0.1) is 0 Å². The summed E-state index contributed by atoms with van der Waals surface area (Å²) in [5.41, 5.74) is 3.78. The molecule has 2 rings (SSSR count). The van der Waals surface area contributed by atoms with Gasteiger partial charge in [-0.3, -0.25) is 0 Å². The van der Waals surface area contributed by atoms with Crippen molar-refractivity contribution in [1.82, 2.24) is 5.32 Å². The van der Waals surface area contributed by atoms with Gasteiger partial charge in [-0.15, -0.1) is 0 Å². The molecular formula is C18H21NO. The molecule has 0 unspecified atom stereocenters. The van der Waals surface area contributed by atoms with Crippen LogP contribution in [0.5, 0.6) is 0 Å². The minimum atomic E-state index is 0.364. The minimum Gasteiger partial charge on any atom is -0.317 e. The zero-order chi connectivity index (χ0) is 14.2. The summed E-state index contributed by atoms with van der Waals surface area (Å²) in [6.07, 6.45) is 3.45. The molecule has 0 bridgehead atoms. The lowest BCUT2D eigenvalue weighted by Gasteiger charge is -2.15. The van der Waals surface area contributed by atoms with Crippen LogP contribution in [0.3, 0.4) is 0 Å². The lowest BCUT2D eigenvalue weighted by molar-refractivity contribution is -0.108. The van der Waals surface area contributed by atoms with Gasteiger partial charge in [-0.05, 0) is 36.6 Å². The lowest BCUT2D eigenvalue weighted by atomic mass is 9.99. The highest BCUT2D eigenvalue weighted by Crippen LogP contribution is 2.20. The molecule has 0 saturated heterocycles. The van der Waals surface area contributed by atoms with Gasteiger partial charge in [0.2, 0.25) is 0 Å². The maximum Gasteiger partial charge on any atom is 0.120 e. The Kier molecular flexibility index (Phi) is 5.51. The van der Waals surface area contributed by atoms with Crippen molar-refractivity contribution < 1.29 is 4.79 Å². The second kappa shape index (κ2) is 7.61. The van der Waals surface area contributed by atoms with Crippen LogP contribution in [0, 0.1) is 0 Å². The van der Waals surface area contributed by atoms with Crippen molar-refractivity contribution in [3.63, 3.8) is 0 Å². The SMILES string of the molecule is CN[C@@H](CCC=O)Cc1ccc(-c2ccccc2)cc1. The summed E-state index contributed by atoms with van der Waals surface area (Å²) in [6, 6.07) is 19.4. The number of benzene rings is 2. The van der Waals surface area contributed by atoms with E-state index in [0.29, 0.717) is 12.5 Å². The van der Waals surface area contributed by atoms with E-state index in [9.17, 15) is 4.79 Å². The van der Waals surface area contributed by atoms with Gasteiger partial charge in [0.25, 0.3) is 0 Å². The number of carbonyl (C=O) groups is 1. The van der Waals surface area contributed by atoms with Gasteiger partial charge < -0.3 is 10.1 Å². The highest BCUT2D eigenvalue weighted by Gasteiger charge is 2.07. The third kappa shape index (κ3) is 4.04. The average Bonchev–Trinajstić information content (AvgIpc) is 2.53. The number of aldehydes is 1. The van der Waals surface area contributed by atoms with Crippen molar-refractivity contribution >= 4 is 6.29 Å². The van der Waals surface area contributed by atoms with Gasteiger partial charge in [-0.2, -0.15) is 0 Å². The van der Waals surface area contributed by atoms with E-state index < -0.39 is 0 Å². The normalized spacial score (nSPS) is 12.1. The fraction of sp³-hybridized carbons (Fsp3) is 0.278. The van der Waals surface area contributed by atoms with Crippen LogP contribution in [0.4, 0.5) is 0 Å². The molecule has 2 aromatic carbocycles. The third-order valence-corrected chi connectivity index (χ3v) is 3.58. The van der Waals surface area contributed by atoms with E-state index in [1.807, 2.05) is 13.1 Å². The second-order valence-corrected chi connectivity index (χ2v) is 5.00. The molecule has 0 fully saturated rings. The first-order chi connectivity index (χ1) is 9.83. The highest BCUT2D eigenvalue weighted by molar-refractivity contribution is 5.63. The minimum absolute atomic E-state index is 0.364. The topological polar surface area (TPSA) is 29.1 Å². The largest absolute Gasteiger partial charge is 0.317 e. The van der Waals surface area contributed by atoms with Gasteiger partial charge in [-0.25, -0.2) is 0 Å². The van der Waals surface area contributed by atoms with Crippen LogP contribution in [0.15, 0.2) is 54.6 Å². The lowest BCUT2D eigenvalue weighted by Crippen LogP contribution is -2.27. The van der Waals surface area contributed by atoms with Gasteiger partial charge in [-0.1, -0.05) is 54.6 Å². The maximum absolute atomic E-state index is 10.5. The zero-order valence-corrected chi connectivity index (χ0v) is 11.9. The van der Waals surface area contributed by atoms with Gasteiger partial charge >= 0.3 is 0 Å². The summed E-state index contributed by atoms with van der Waals surface area (Å²) < 4.78 is 0. The third-order valence-electron chi connectivity index (χ3n) is 3.58. The Balaban J connectivity index is 2.02. The van der Waals surface area contributed by atoms with E-state index >= 15 is 0 Å². The molecule has 2 nitrogen and oxygen atoms in total. The number of rotatable bonds is 7. The van der Waals surface area contributed by atoms with Crippen molar-refractivity contribution in [2.75, 3.05) is 7.05 Å². The summed E-state index contributed by atoms with van der Waals surface area (Å²) in [5.74, 6) is 0. The molecule has 2 heteroatoms. The quantitative estimate of drug-likeness (QED) is 0.778. The molecule has 0 aliphatic heterocycles. The summed E-state index contributed by atoms with van der Waals surface area (Å²) in [7, 11) is 1.95. The summed E-state index contributed by atoms with van der Waals surface area (Å²) in [6.45, 7) is 0. The number of hydrogen-bond donors (Lipinski definition) is 1. The average molecular weight is 267 g/mol. The molecule has 1 N–H and O–H groups in total. The molecule has 0 heterocycles. The molecule has 0 aliphatic carbocycles. The molecule has 0 radical (unpaired) electrons. The van der Waals surface area contributed by atoms with E-state index in [0.717, 1.165) is 19.1 Å². The van der Waals surface area contributed by atoms with Crippen LogP contribution in [-0.4, -0.2) is 19.4 Å². The van der Waals surface area contributed by atoms with Gasteiger partial charge in [0, 0.05) is 12.5 Å². The van der Waals surface area contributed by atoms with Crippen molar-refractivity contribution in [3.05, 3.63) is 60.2 Å². The Morgan fingerprint density at radius 1 is 1.00 bits per heavy atom. The first-order valence-corrected chi connectivity index (χ1v) is 7.08. The van der Waals surface area contributed by atoms with E-state index in [-0.39, 0.29) is 0 Å². The van der Waals surface area contributed by atoms with Crippen LogP contribution in [0.2, 0.25) is 0 Å². The molecular weight excluding hydrogens is 246 g/mol. The first kappa shape index (κ1) is 14.5. The van der Waals surface area contributed by atoms with Crippen molar-refractivity contribution in [2.24, 2.45) is 0 Å². The summed E-state index contributed by atoms with van der Waals surface area (Å²) >= 11 is 0. The predicted molar refractivity (Wildman–Crippen MR) is 83.7 cm³/mol. The van der Waals surface area contributed by atoms with Crippen LogP contribution >= 0.6 is 0 Å². The van der Waals surface area contributed by atoms with Gasteiger partial charge in [0.1, 0.15) is 6.29 Å². The van der Waals surface area contributed by atoms with Crippen LogP contribution in [-0.2, 0) is 11.2 Å². The van der Waals surface area contributed by atoms with Crippen molar-refractivity contribution in [2.45, 2.75) is 25.3 Å². The van der Waals surface area contributed by atoms with E-state index in [2.05, 4.69) is 53.8 Å². The van der Waals surface area contributed by atoms with Crippen LogP contribution in [0.25, 0.3) is 11.1 Å². The highest BCUT2D eigenvalue weighted by atomic mass is 16.1. The maximum atomic E-state index is 10.5. The second-order valence-electron chi connectivity index (χ2n) is 5.00. The summed E-state index contributed by atoms with van der Waals surface area (Å²) in [5, 5.41) is 3.27. The first-order valence-electron chi connectivity index (χ1n) is 7.08. The molecule has 0 aliphatic rings. The van der Waals surface area contributed by atoms with E-state index in [4.69, 9.17) is 0 Å². The van der Waals surface area contributed by atoms with Crippen LogP contribution in [0.1, 0.15) is 18.4 Å². The van der Waals surface area contributed by atoms with Crippen LogP contribution < -0.4 is 5.32 Å². The number of nitrogens with one attached hydrogen (secondary N) is 1. The zero-order valence-electron chi connectivity index (χ0n) is 11.9.